The van der Waals surface area contributed by atoms with Crippen LogP contribution < -0.4 is 11.3 Å². The summed E-state index contributed by atoms with van der Waals surface area (Å²) in [5.74, 6) is 1.22. The van der Waals surface area contributed by atoms with Gasteiger partial charge < -0.3 is 8.83 Å². The lowest BCUT2D eigenvalue weighted by molar-refractivity contribution is 0.536. The predicted octanol–water partition coefficient (Wildman–Crippen LogP) is 12.5. The van der Waals surface area contributed by atoms with Crippen molar-refractivity contribution in [2.45, 2.75) is 0 Å². The van der Waals surface area contributed by atoms with Gasteiger partial charge in [-0.15, -0.1) is 0 Å². The molecule has 0 amide bonds. The SMILES string of the molecule is O=c1oc(-c2ccccc2)c(-c2ccccc2)c2c3cccccc-3cc12.O=c1oc(-c2ccccc2)c(-c2ccccc2)c2c3cccccc-3cc12. The number of hydrogen-bond acceptors (Lipinski definition) is 4. The van der Waals surface area contributed by atoms with Crippen molar-refractivity contribution in [1.29, 1.82) is 0 Å². The van der Waals surface area contributed by atoms with Crippen LogP contribution in [0.5, 0.6) is 0 Å². The minimum atomic E-state index is -0.303. The zero-order valence-electron chi connectivity index (χ0n) is 29.1. The van der Waals surface area contributed by atoms with Gasteiger partial charge in [0.25, 0.3) is 0 Å². The number of fused-ring (bicyclic) bond motifs is 6. The average molecular weight is 697 g/mol. The second kappa shape index (κ2) is 14.0. The molecule has 4 aliphatic carbocycles. The van der Waals surface area contributed by atoms with Crippen molar-refractivity contribution in [1.82, 2.24) is 0 Å². The maximum Gasteiger partial charge on any atom is 0.344 e. The molecule has 0 bridgehead atoms. The van der Waals surface area contributed by atoms with Crippen molar-refractivity contribution in [3.05, 3.63) is 215 Å². The third-order valence-corrected chi connectivity index (χ3v) is 9.80. The molecule has 10 rings (SSSR count). The molecule has 256 valence electrons. The molecule has 6 aromatic rings. The molecule has 4 heteroatoms. The molecule has 4 aromatic carbocycles. The zero-order chi connectivity index (χ0) is 36.4. The molecular formula is C50H32O4. The van der Waals surface area contributed by atoms with Gasteiger partial charge in [-0.05, 0) is 45.5 Å². The first-order valence-corrected chi connectivity index (χ1v) is 17.8. The van der Waals surface area contributed by atoms with Crippen LogP contribution in [-0.2, 0) is 0 Å². The van der Waals surface area contributed by atoms with E-state index in [0.29, 0.717) is 22.3 Å². The second-order valence-corrected chi connectivity index (χ2v) is 13.1. The summed E-state index contributed by atoms with van der Waals surface area (Å²) in [5, 5.41) is 3.13. The fourth-order valence-corrected chi connectivity index (χ4v) is 7.41. The van der Waals surface area contributed by atoms with E-state index in [1.54, 1.807) is 0 Å². The van der Waals surface area contributed by atoms with E-state index < -0.39 is 0 Å². The highest BCUT2D eigenvalue weighted by molar-refractivity contribution is 6.13. The molecule has 2 aromatic heterocycles. The van der Waals surface area contributed by atoms with Gasteiger partial charge in [0.05, 0.1) is 10.8 Å². The molecule has 0 saturated heterocycles. The fraction of sp³-hybridized carbons (Fsp3) is 0. The Labute approximate surface area is 311 Å². The van der Waals surface area contributed by atoms with Crippen LogP contribution in [0, 0.1) is 0 Å². The van der Waals surface area contributed by atoms with Crippen molar-refractivity contribution in [2.24, 2.45) is 0 Å². The summed E-state index contributed by atoms with van der Waals surface area (Å²) >= 11 is 0. The summed E-state index contributed by atoms with van der Waals surface area (Å²) in [4.78, 5) is 25.7. The summed E-state index contributed by atoms with van der Waals surface area (Å²) in [6.45, 7) is 0. The Kier molecular flexibility index (Phi) is 8.46. The van der Waals surface area contributed by atoms with Gasteiger partial charge in [-0.3, -0.25) is 0 Å². The van der Waals surface area contributed by atoms with E-state index in [9.17, 15) is 9.59 Å². The van der Waals surface area contributed by atoms with E-state index in [2.05, 4.69) is 36.4 Å². The topological polar surface area (TPSA) is 60.4 Å². The van der Waals surface area contributed by atoms with Crippen LogP contribution in [0.15, 0.2) is 213 Å². The van der Waals surface area contributed by atoms with Crippen molar-refractivity contribution < 1.29 is 8.83 Å². The summed E-state index contributed by atoms with van der Waals surface area (Å²) in [5.41, 5.74) is 9.33. The van der Waals surface area contributed by atoms with Gasteiger partial charge >= 0.3 is 11.3 Å². The minimum Gasteiger partial charge on any atom is -0.422 e. The molecule has 0 radical (unpaired) electrons. The minimum absolute atomic E-state index is 0.303. The molecular weight excluding hydrogens is 665 g/mol. The number of hydrogen-bond donors (Lipinski definition) is 0. The van der Waals surface area contributed by atoms with Crippen molar-refractivity contribution in [2.75, 3.05) is 0 Å². The third kappa shape index (κ3) is 5.86. The molecule has 4 aliphatic rings. The summed E-state index contributed by atoms with van der Waals surface area (Å²) < 4.78 is 11.7. The van der Waals surface area contributed by atoms with Gasteiger partial charge in [0.15, 0.2) is 0 Å². The number of rotatable bonds is 4. The Balaban J connectivity index is 0.000000142. The van der Waals surface area contributed by atoms with Crippen molar-refractivity contribution in [3.8, 4) is 67.2 Å². The maximum absolute atomic E-state index is 12.8. The first-order valence-electron chi connectivity index (χ1n) is 17.8. The normalized spacial score (nSPS) is 11.1. The van der Waals surface area contributed by atoms with Gasteiger partial charge in [-0.25, -0.2) is 9.59 Å². The number of benzene rings is 4. The van der Waals surface area contributed by atoms with E-state index in [-0.39, 0.29) is 11.3 Å². The molecule has 54 heavy (non-hydrogen) atoms. The largest absolute Gasteiger partial charge is 0.422 e. The van der Waals surface area contributed by atoms with Gasteiger partial charge in [0.2, 0.25) is 0 Å². The Morgan fingerprint density at radius 3 is 0.907 bits per heavy atom. The van der Waals surface area contributed by atoms with E-state index in [1.807, 2.05) is 158 Å². The standard InChI is InChI=1S/2C25H16O2/c2*26-25-21-16-19-14-8-3-9-15-20(19)23(21)22(17-10-4-1-5-11-17)24(27-25)18-12-6-2-7-13-18/h2*1-16H. The highest BCUT2D eigenvalue weighted by Crippen LogP contribution is 2.44. The van der Waals surface area contributed by atoms with Crippen LogP contribution in [0.2, 0.25) is 0 Å². The van der Waals surface area contributed by atoms with E-state index in [4.69, 9.17) is 8.83 Å². The molecule has 0 atom stereocenters. The highest BCUT2D eigenvalue weighted by Gasteiger charge is 2.24. The monoisotopic (exact) mass is 696 g/mol. The molecule has 0 spiro atoms. The van der Waals surface area contributed by atoms with Gasteiger partial charge in [0, 0.05) is 33.0 Å². The van der Waals surface area contributed by atoms with Crippen molar-refractivity contribution >= 4 is 21.5 Å². The molecule has 0 N–H and O–H groups in total. The Hall–Kier alpha value is -7.30. The van der Waals surface area contributed by atoms with Crippen molar-refractivity contribution in [3.63, 3.8) is 0 Å². The molecule has 0 saturated carbocycles. The first kappa shape index (κ1) is 32.6. The smallest absolute Gasteiger partial charge is 0.344 e. The Morgan fingerprint density at radius 2 is 0.574 bits per heavy atom. The van der Waals surface area contributed by atoms with E-state index >= 15 is 0 Å². The zero-order valence-corrected chi connectivity index (χ0v) is 29.1. The summed E-state index contributed by atoms with van der Waals surface area (Å²) in [6.07, 6.45) is 0. The van der Waals surface area contributed by atoms with Crippen LogP contribution in [0.4, 0.5) is 0 Å². The average Bonchev–Trinajstić information content (AvgIpc) is 3.55. The highest BCUT2D eigenvalue weighted by atomic mass is 16.4. The van der Waals surface area contributed by atoms with Gasteiger partial charge in [-0.1, -0.05) is 182 Å². The van der Waals surface area contributed by atoms with Gasteiger partial charge in [0.1, 0.15) is 11.5 Å². The van der Waals surface area contributed by atoms with E-state index in [0.717, 1.165) is 66.4 Å². The van der Waals surface area contributed by atoms with E-state index in [1.165, 1.54) is 0 Å². The third-order valence-electron chi connectivity index (χ3n) is 9.80. The molecule has 0 fully saturated rings. The molecule has 0 aliphatic heterocycles. The lowest BCUT2D eigenvalue weighted by Gasteiger charge is -2.11. The molecule has 0 unspecified atom stereocenters. The van der Waals surface area contributed by atoms with Crippen LogP contribution in [-0.4, -0.2) is 0 Å². The van der Waals surface area contributed by atoms with Crippen LogP contribution in [0.3, 0.4) is 0 Å². The van der Waals surface area contributed by atoms with Crippen LogP contribution in [0.25, 0.3) is 88.7 Å². The second-order valence-electron chi connectivity index (χ2n) is 13.1. The lowest BCUT2D eigenvalue weighted by atomic mass is 9.95. The van der Waals surface area contributed by atoms with Crippen LogP contribution >= 0.6 is 0 Å². The molecule has 2 heterocycles. The fourth-order valence-electron chi connectivity index (χ4n) is 7.41. The summed E-state index contributed by atoms with van der Waals surface area (Å²) in [7, 11) is 0. The van der Waals surface area contributed by atoms with Crippen LogP contribution in [0.1, 0.15) is 0 Å². The maximum atomic E-state index is 12.8. The molecule has 4 nitrogen and oxygen atoms in total. The predicted molar refractivity (Wildman–Crippen MR) is 220 cm³/mol. The van der Waals surface area contributed by atoms with Gasteiger partial charge in [-0.2, -0.15) is 0 Å². The quantitative estimate of drug-likeness (QED) is 0.184. The Bertz CT molecular complexity index is 2740. The Morgan fingerprint density at radius 1 is 0.296 bits per heavy atom. The first-order chi connectivity index (χ1) is 26.7. The summed E-state index contributed by atoms with van der Waals surface area (Å²) in [6, 6.07) is 63.9. The lowest BCUT2D eigenvalue weighted by Crippen LogP contribution is -2.01.